The minimum atomic E-state index is -3.69. The van der Waals surface area contributed by atoms with E-state index in [9.17, 15) is 23.3 Å². The first-order chi connectivity index (χ1) is 16.1. The van der Waals surface area contributed by atoms with Crippen molar-refractivity contribution in [2.24, 2.45) is 0 Å². The van der Waals surface area contributed by atoms with Crippen molar-refractivity contribution in [3.8, 4) is 17.6 Å². The van der Waals surface area contributed by atoms with Gasteiger partial charge in [-0.3, -0.25) is 10.1 Å². The van der Waals surface area contributed by atoms with E-state index in [4.69, 9.17) is 9.47 Å². The van der Waals surface area contributed by atoms with E-state index in [1.54, 1.807) is 29.6 Å². The van der Waals surface area contributed by atoms with Crippen LogP contribution in [0.15, 0.2) is 46.4 Å². The Morgan fingerprint density at radius 3 is 2.62 bits per heavy atom. The third-order valence-electron chi connectivity index (χ3n) is 4.29. The fraction of sp³-hybridized carbons (Fsp3) is 0.190. The third-order valence-corrected chi connectivity index (χ3v) is 7.82. The molecule has 0 bridgehead atoms. The molecule has 3 aromatic rings. The molecule has 0 radical (unpaired) electrons. The summed E-state index contributed by atoms with van der Waals surface area (Å²) < 4.78 is 38.7. The second kappa shape index (κ2) is 10.6. The summed E-state index contributed by atoms with van der Waals surface area (Å²) in [5.74, 6) is -0.929. The molecule has 0 fully saturated rings. The summed E-state index contributed by atoms with van der Waals surface area (Å²) in [6.07, 6.45) is 1.30. The largest absolute Gasteiger partial charge is 0.493 e. The second-order valence-corrected chi connectivity index (χ2v) is 11.0. The van der Waals surface area contributed by atoms with E-state index in [1.165, 1.54) is 50.5 Å². The highest BCUT2D eigenvalue weighted by Gasteiger charge is 2.25. The van der Waals surface area contributed by atoms with Gasteiger partial charge in [0.15, 0.2) is 11.5 Å². The maximum absolute atomic E-state index is 12.5. The Labute approximate surface area is 203 Å². The number of nitrogens with one attached hydrogen (secondary N) is 1. The third kappa shape index (κ3) is 5.66. The van der Waals surface area contributed by atoms with Gasteiger partial charge in [0.2, 0.25) is 15.0 Å². The van der Waals surface area contributed by atoms with Crippen molar-refractivity contribution < 1.29 is 27.5 Å². The second-order valence-electron chi connectivity index (χ2n) is 6.88. The van der Waals surface area contributed by atoms with Crippen molar-refractivity contribution in [2.45, 2.75) is 24.3 Å². The zero-order valence-corrected chi connectivity index (χ0v) is 20.6. The minimum absolute atomic E-state index is 0.0567. The average molecular weight is 519 g/mol. The lowest BCUT2D eigenvalue weighted by Gasteiger charge is -2.09. The Morgan fingerprint density at radius 2 is 2.00 bits per heavy atom. The molecular weight excluding hydrogens is 500 g/mol. The first-order valence-corrected chi connectivity index (χ1v) is 12.8. The monoisotopic (exact) mass is 518 g/mol. The number of hydrogen-bond donors (Lipinski definition) is 1. The predicted octanol–water partition coefficient (Wildman–Crippen LogP) is 3.56. The molecule has 2 aromatic heterocycles. The molecule has 3 rings (SSSR count). The molecule has 2 heterocycles. The molecule has 0 saturated carbocycles. The van der Waals surface area contributed by atoms with E-state index < -0.39 is 27.0 Å². The number of sulfone groups is 1. The number of hydrogen-bond acceptors (Lipinski definition) is 11. The number of nitrogens with zero attached hydrogens (tertiary/aromatic N) is 3. The maximum atomic E-state index is 12.5. The van der Waals surface area contributed by atoms with Crippen LogP contribution in [0.5, 0.6) is 11.5 Å². The quantitative estimate of drug-likeness (QED) is 0.204. The number of nitriles is 1. The van der Waals surface area contributed by atoms with Crippen LogP contribution in [-0.4, -0.2) is 42.0 Å². The molecular formula is C21H18N4O6S3. The Morgan fingerprint density at radius 1 is 1.24 bits per heavy atom. The lowest BCUT2D eigenvalue weighted by molar-refractivity contribution is -0.112. The highest BCUT2D eigenvalue weighted by molar-refractivity contribution is 7.91. The number of esters is 1. The molecule has 1 amide bonds. The van der Waals surface area contributed by atoms with Crippen LogP contribution in [-0.2, 0) is 14.6 Å². The SMILES string of the molecule is COc1cc(C=C(C#N)C(=O)Nc2nc(S(=O)(=O)C(C)C)ns2)ccc1OC(=O)c1cccs1. The number of anilines is 1. The molecule has 10 nitrogen and oxygen atoms in total. The van der Waals surface area contributed by atoms with Crippen LogP contribution in [0.4, 0.5) is 5.13 Å². The fourth-order valence-electron chi connectivity index (χ4n) is 2.47. The van der Waals surface area contributed by atoms with Gasteiger partial charge < -0.3 is 9.47 Å². The summed E-state index contributed by atoms with van der Waals surface area (Å²) in [6, 6.07) is 9.68. The normalized spacial score (nSPS) is 11.7. The number of methoxy groups -OCH3 is 1. The summed E-state index contributed by atoms with van der Waals surface area (Å²) >= 11 is 1.93. The van der Waals surface area contributed by atoms with Crippen LogP contribution >= 0.6 is 22.9 Å². The van der Waals surface area contributed by atoms with Crippen LogP contribution in [0.25, 0.3) is 6.08 Å². The summed E-state index contributed by atoms with van der Waals surface area (Å²) in [7, 11) is -2.30. The smallest absolute Gasteiger partial charge is 0.353 e. The molecule has 0 atom stereocenters. The molecule has 1 N–H and O–H groups in total. The van der Waals surface area contributed by atoms with E-state index in [2.05, 4.69) is 14.7 Å². The van der Waals surface area contributed by atoms with Crippen molar-refractivity contribution in [3.05, 3.63) is 51.7 Å². The molecule has 34 heavy (non-hydrogen) atoms. The first kappa shape index (κ1) is 25.0. The number of aromatic nitrogens is 2. The van der Waals surface area contributed by atoms with E-state index in [0.717, 1.165) is 0 Å². The van der Waals surface area contributed by atoms with Gasteiger partial charge in [0.1, 0.15) is 16.5 Å². The number of carbonyl (C=O) groups excluding carboxylic acids is 2. The topological polar surface area (TPSA) is 148 Å². The molecule has 0 aliphatic heterocycles. The Hall–Kier alpha value is -3.60. The highest BCUT2D eigenvalue weighted by Crippen LogP contribution is 2.30. The predicted molar refractivity (Wildman–Crippen MR) is 127 cm³/mol. The number of carbonyl (C=O) groups is 2. The van der Waals surface area contributed by atoms with Gasteiger partial charge in [-0.15, -0.1) is 11.3 Å². The molecule has 0 unspecified atom stereocenters. The fourth-order valence-corrected chi connectivity index (χ4v) is 4.77. The first-order valence-electron chi connectivity index (χ1n) is 9.60. The highest BCUT2D eigenvalue weighted by atomic mass is 32.2. The van der Waals surface area contributed by atoms with Crippen LogP contribution in [0.1, 0.15) is 29.1 Å². The van der Waals surface area contributed by atoms with E-state index in [0.29, 0.717) is 22.0 Å². The molecule has 0 aliphatic carbocycles. The number of benzene rings is 1. The molecule has 1 aromatic carbocycles. The number of rotatable bonds is 8. The zero-order valence-electron chi connectivity index (χ0n) is 18.1. The van der Waals surface area contributed by atoms with Crippen LogP contribution in [0.3, 0.4) is 0 Å². The van der Waals surface area contributed by atoms with Crippen LogP contribution < -0.4 is 14.8 Å². The molecule has 0 aliphatic rings. The maximum Gasteiger partial charge on any atom is 0.353 e. The van der Waals surface area contributed by atoms with Gasteiger partial charge in [0.05, 0.1) is 12.4 Å². The lowest BCUT2D eigenvalue weighted by Crippen LogP contribution is -2.16. The van der Waals surface area contributed by atoms with E-state index in [-0.39, 0.29) is 27.4 Å². The summed E-state index contributed by atoms with van der Waals surface area (Å²) in [5, 5.41) is 12.4. The van der Waals surface area contributed by atoms with Crippen LogP contribution in [0.2, 0.25) is 0 Å². The van der Waals surface area contributed by atoms with Gasteiger partial charge in [-0.1, -0.05) is 12.1 Å². The Bertz CT molecular complexity index is 1390. The molecule has 176 valence electrons. The summed E-state index contributed by atoms with van der Waals surface area (Å²) in [5.41, 5.74) is 0.161. The van der Waals surface area contributed by atoms with Gasteiger partial charge in [0.25, 0.3) is 11.1 Å². The van der Waals surface area contributed by atoms with Crippen molar-refractivity contribution >= 4 is 55.8 Å². The lowest BCUT2D eigenvalue weighted by atomic mass is 10.1. The molecule has 0 spiro atoms. The van der Waals surface area contributed by atoms with Gasteiger partial charge in [-0.25, -0.2) is 13.2 Å². The summed E-state index contributed by atoms with van der Waals surface area (Å²) in [6.45, 7) is 2.99. The van der Waals surface area contributed by atoms with Crippen molar-refractivity contribution in [3.63, 3.8) is 0 Å². The molecule has 13 heteroatoms. The molecule has 0 saturated heterocycles. The van der Waals surface area contributed by atoms with Gasteiger partial charge in [-0.2, -0.15) is 14.6 Å². The minimum Gasteiger partial charge on any atom is -0.493 e. The van der Waals surface area contributed by atoms with Crippen molar-refractivity contribution in [1.29, 1.82) is 5.26 Å². The van der Waals surface area contributed by atoms with E-state index >= 15 is 0 Å². The summed E-state index contributed by atoms with van der Waals surface area (Å²) in [4.78, 5) is 29.0. The zero-order chi connectivity index (χ0) is 24.9. The van der Waals surface area contributed by atoms with Gasteiger partial charge >= 0.3 is 5.97 Å². The average Bonchev–Trinajstić information content (AvgIpc) is 3.50. The van der Waals surface area contributed by atoms with Gasteiger partial charge in [-0.05, 0) is 49.1 Å². The van der Waals surface area contributed by atoms with Crippen molar-refractivity contribution in [2.75, 3.05) is 12.4 Å². The Kier molecular flexibility index (Phi) is 7.77. The number of thiophene rings is 1. The number of ether oxygens (including phenoxy) is 2. The van der Waals surface area contributed by atoms with E-state index in [1.807, 2.05) is 0 Å². The van der Waals surface area contributed by atoms with Crippen molar-refractivity contribution in [1.82, 2.24) is 9.36 Å². The van der Waals surface area contributed by atoms with Gasteiger partial charge in [0, 0.05) is 11.5 Å². The Balaban J connectivity index is 1.78. The van der Waals surface area contributed by atoms with Crippen LogP contribution in [0, 0.1) is 11.3 Å². The standard InChI is InChI=1S/C21H18N4O6S3/c1-12(2)34(28,29)21-24-20(33-25-21)23-18(26)14(11-22)9-13-6-7-15(16(10-13)30-3)31-19(27)17-5-4-8-32-17/h4-10,12H,1-3H3,(H,23,24,25,26). The number of amides is 1.